The minimum absolute atomic E-state index is 0.0508. The Morgan fingerprint density at radius 2 is 1.71 bits per heavy atom. The summed E-state index contributed by atoms with van der Waals surface area (Å²) in [5.74, 6) is 2.17. The summed E-state index contributed by atoms with van der Waals surface area (Å²) < 4.78 is 13.9. The molecule has 0 aliphatic carbocycles. The summed E-state index contributed by atoms with van der Waals surface area (Å²) in [7, 11) is 0. The highest BCUT2D eigenvalue weighted by Crippen LogP contribution is 2.22. The molecule has 0 bridgehead atoms. The number of hydrogen-bond acceptors (Lipinski definition) is 4. The van der Waals surface area contributed by atoms with Crippen LogP contribution in [-0.2, 0) is 11.3 Å². The monoisotopic (exact) mass is 471 g/mol. The minimum atomic E-state index is -0.293. The van der Waals surface area contributed by atoms with Crippen molar-refractivity contribution < 1.29 is 14.3 Å². The molecule has 0 spiro atoms. The Hall–Kier alpha value is -3.80. The van der Waals surface area contributed by atoms with Crippen molar-refractivity contribution in [2.45, 2.75) is 47.2 Å². The van der Waals surface area contributed by atoms with Gasteiger partial charge in [-0.15, -0.1) is 0 Å². The number of hydrogen-bond donors (Lipinski definition) is 1. The van der Waals surface area contributed by atoms with Crippen LogP contribution in [0, 0.1) is 27.7 Å². The number of ether oxygens (including phenoxy) is 2. The summed E-state index contributed by atoms with van der Waals surface area (Å²) in [6.45, 7) is 11.1. The van der Waals surface area contributed by atoms with Gasteiger partial charge in [0.15, 0.2) is 6.61 Å². The third-order valence-electron chi connectivity index (χ3n) is 6.21. The molecule has 4 aromatic rings. The molecule has 0 fully saturated rings. The normalized spacial score (nSPS) is 11.9. The van der Waals surface area contributed by atoms with Gasteiger partial charge in [0.1, 0.15) is 23.9 Å². The topological polar surface area (TPSA) is 65.4 Å². The van der Waals surface area contributed by atoms with E-state index in [-0.39, 0.29) is 18.6 Å². The van der Waals surface area contributed by atoms with Crippen molar-refractivity contribution in [3.63, 3.8) is 0 Å². The first kappa shape index (κ1) is 24.3. The van der Waals surface area contributed by atoms with Gasteiger partial charge in [-0.3, -0.25) is 4.79 Å². The lowest BCUT2D eigenvalue weighted by atomic mass is 10.1. The fraction of sp³-hybridized carbons (Fsp3) is 0.310. The van der Waals surface area contributed by atoms with Crippen molar-refractivity contribution in [1.82, 2.24) is 14.9 Å². The second kappa shape index (κ2) is 10.6. The molecule has 3 aromatic carbocycles. The maximum atomic E-state index is 12.7. The quantitative estimate of drug-likeness (QED) is 0.345. The summed E-state index contributed by atoms with van der Waals surface area (Å²) >= 11 is 0. The second-order valence-electron chi connectivity index (χ2n) is 9.05. The van der Waals surface area contributed by atoms with Gasteiger partial charge in [-0.25, -0.2) is 4.98 Å². The highest BCUT2D eigenvalue weighted by Gasteiger charge is 2.19. The Bertz CT molecular complexity index is 1340. The Balaban J connectivity index is 1.44. The SMILES string of the molecule is Cc1ccc(C)c(OCC(=O)NC(C)c2nc3ccccc3n2CCOc2ccc(C)c(C)c2)c1. The molecule has 1 aromatic heterocycles. The molecule has 182 valence electrons. The van der Waals surface area contributed by atoms with Gasteiger partial charge in [-0.05, 0) is 87.2 Å². The average molecular weight is 472 g/mol. The van der Waals surface area contributed by atoms with Gasteiger partial charge in [-0.1, -0.05) is 30.3 Å². The summed E-state index contributed by atoms with van der Waals surface area (Å²) in [5.41, 5.74) is 6.44. The number of benzene rings is 3. The molecule has 6 heteroatoms. The van der Waals surface area contributed by atoms with Crippen molar-refractivity contribution in [1.29, 1.82) is 0 Å². The predicted octanol–water partition coefficient (Wildman–Crippen LogP) is 5.61. The van der Waals surface area contributed by atoms with Crippen molar-refractivity contribution >= 4 is 16.9 Å². The predicted molar refractivity (Wildman–Crippen MR) is 139 cm³/mol. The number of fused-ring (bicyclic) bond motifs is 1. The van der Waals surface area contributed by atoms with Gasteiger partial charge in [-0.2, -0.15) is 0 Å². The first-order chi connectivity index (χ1) is 16.8. The Kier molecular flexibility index (Phi) is 7.39. The van der Waals surface area contributed by atoms with E-state index in [0.29, 0.717) is 13.2 Å². The van der Waals surface area contributed by atoms with Crippen LogP contribution in [0.1, 0.15) is 41.0 Å². The number of rotatable bonds is 9. The van der Waals surface area contributed by atoms with Crippen molar-refractivity contribution in [2.24, 2.45) is 0 Å². The van der Waals surface area contributed by atoms with E-state index in [1.165, 1.54) is 11.1 Å². The van der Waals surface area contributed by atoms with Crippen LogP contribution in [0.3, 0.4) is 0 Å². The lowest BCUT2D eigenvalue weighted by molar-refractivity contribution is -0.123. The molecule has 4 rings (SSSR count). The largest absolute Gasteiger partial charge is 0.492 e. The smallest absolute Gasteiger partial charge is 0.258 e. The molecule has 1 heterocycles. The molecule has 0 saturated heterocycles. The van der Waals surface area contributed by atoms with E-state index in [9.17, 15) is 4.79 Å². The van der Waals surface area contributed by atoms with E-state index in [2.05, 4.69) is 35.9 Å². The van der Waals surface area contributed by atoms with E-state index >= 15 is 0 Å². The highest BCUT2D eigenvalue weighted by atomic mass is 16.5. The van der Waals surface area contributed by atoms with Crippen LogP contribution in [-0.4, -0.2) is 28.7 Å². The standard InChI is InChI=1S/C29H33N3O3/c1-19-10-11-21(3)27(16-19)35-18-28(33)30-23(5)29-31-25-8-6-7-9-26(25)32(29)14-15-34-24-13-12-20(2)22(4)17-24/h6-13,16-17,23H,14-15,18H2,1-5H3,(H,30,33). The molecule has 0 aliphatic heterocycles. The van der Waals surface area contributed by atoms with Gasteiger partial charge in [0, 0.05) is 0 Å². The first-order valence-corrected chi connectivity index (χ1v) is 12.0. The van der Waals surface area contributed by atoms with Gasteiger partial charge in [0.2, 0.25) is 0 Å². The molecule has 1 unspecified atom stereocenters. The zero-order chi connectivity index (χ0) is 24.9. The molecular formula is C29H33N3O3. The first-order valence-electron chi connectivity index (χ1n) is 12.0. The molecule has 1 N–H and O–H groups in total. The molecular weight excluding hydrogens is 438 g/mol. The lowest BCUT2D eigenvalue weighted by Crippen LogP contribution is -2.33. The van der Waals surface area contributed by atoms with E-state index in [4.69, 9.17) is 14.5 Å². The number of nitrogens with one attached hydrogen (secondary N) is 1. The second-order valence-corrected chi connectivity index (χ2v) is 9.05. The van der Waals surface area contributed by atoms with Crippen LogP contribution in [0.2, 0.25) is 0 Å². The summed E-state index contributed by atoms with van der Waals surface area (Å²) in [5, 5.41) is 3.04. The average Bonchev–Trinajstić information content (AvgIpc) is 3.21. The summed E-state index contributed by atoms with van der Waals surface area (Å²) in [6.07, 6.45) is 0. The maximum absolute atomic E-state index is 12.7. The van der Waals surface area contributed by atoms with Gasteiger partial charge < -0.3 is 19.4 Å². The highest BCUT2D eigenvalue weighted by molar-refractivity contribution is 5.79. The zero-order valence-corrected chi connectivity index (χ0v) is 21.1. The summed E-state index contributed by atoms with van der Waals surface area (Å²) in [6, 6.07) is 19.8. The van der Waals surface area contributed by atoms with Crippen molar-refractivity contribution in [2.75, 3.05) is 13.2 Å². The molecule has 0 radical (unpaired) electrons. The molecule has 1 amide bonds. The fourth-order valence-corrected chi connectivity index (χ4v) is 4.07. The third kappa shape index (κ3) is 5.83. The molecule has 6 nitrogen and oxygen atoms in total. The van der Waals surface area contributed by atoms with E-state index in [1.807, 2.05) is 69.3 Å². The molecule has 0 saturated carbocycles. The van der Waals surface area contributed by atoms with Crippen LogP contribution >= 0.6 is 0 Å². The Labute approximate surface area is 206 Å². The number of carbonyl (C=O) groups excluding carboxylic acids is 1. The lowest BCUT2D eigenvalue weighted by Gasteiger charge is -2.17. The number of para-hydroxylation sites is 2. The molecule has 1 atom stereocenters. The maximum Gasteiger partial charge on any atom is 0.258 e. The van der Waals surface area contributed by atoms with Crippen molar-refractivity contribution in [3.8, 4) is 11.5 Å². The van der Waals surface area contributed by atoms with Gasteiger partial charge in [0.25, 0.3) is 5.91 Å². The van der Waals surface area contributed by atoms with E-state index in [1.54, 1.807) is 0 Å². The Morgan fingerprint density at radius 3 is 2.51 bits per heavy atom. The zero-order valence-electron chi connectivity index (χ0n) is 21.1. The van der Waals surface area contributed by atoms with Gasteiger partial charge >= 0.3 is 0 Å². The fourth-order valence-electron chi connectivity index (χ4n) is 4.07. The summed E-state index contributed by atoms with van der Waals surface area (Å²) in [4.78, 5) is 17.5. The number of aryl methyl sites for hydroxylation is 4. The number of amides is 1. The van der Waals surface area contributed by atoms with Crippen LogP contribution < -0.4 is 14.8 Å². The number of imidazole rings is 1. The van der Waals surface area contributed by atoms with Crippen LogP contribution in [0.15, 0.2) is 60.7 Å². The number of aromatic nitrogens is 2. The van der Waals surface area contributed by atoms with E-state index < -0.39 is 0 Å². The van der Waals surface area contributed by atoms with Gasteiger partial charge in [0.05, 0.1) is 23.6 Å². The minimum Gasteiger partial charge on any atom is -0.492 e. The number of carbonyl (C=O) groups is 1. The van der Waals surface area contributed by atoms with Crippen LogP contribution in [0.25, 0.3) is 11.0 Å². The Morgan fingerprint density at radius 1 is 0.943 bits per heavy atom. The van der Waals surface area contributed by atoms with Crippen LogP contribution in [0.4, 0.5) is 0 Å². The molecule has 0 aliphatic rings. The third-order valence-corrected chi connectivity index (χ3v) is 6.21. The number of nitrogens with zero attached hydrogens (tertiary/aromatic N) is 2. The molecule has 35 heavy (non-hydrogen) atoms. The van der Waals surface area contributed by atoms with Crippen LogP contribution in [0.5, 0.6) is 11.5 Å². The van der Waals surface area contributed by atoms with E-state index in [0.717, 1.165) is 39.5 Å². The van der Waals surface area contributed by atoms with Crippen molar-refractivity contribution in [3.05, 3.63) is 88.7 Å².